The number of amides is 1. The van der Waals surface area contributed by atoms with Crippen molar-refractivity contribution < 1.29 is 19.4 Å². The van der Waals surface area contributed by atoms with Gasteiger partial charge in [-0.2, -0.15) is 0 Å². The van der Waals surface area contributed by atoms with Gasteiger partial charge in [-0.3, -0.25) is 4.79 Å². The summed E-state index contributed by atoms with van der Waals surface area (Å²) in [5.74, 6) is -1.39. The number of benzene rings is 1. The number of nitrogens with two attached hydrogens (primary N) is 1. The number of aliphatic carboxylic acids is 1. The van der Waals surface area contributed by atoms with E-state index in [9.17, 15) is 9.59 Å². The van der Waals surface area contributed by atoms with Crippen LogP contribution in [-0.4, -0.2) is 42.1 Å². The van der Waals surface area contributed by atoms with Gasteiger partial charge in [-0.25, -0.2) is 4.79 Å². The second-order valence-corrected chi connectivity index (χ2v) is 4.88. The second kappa shape index (κ2) is 6.53. The summed E-state index contributed by atoms with van der Waals surface area (Å²) in [4.78, 5) is 23.7. The van der Waals surface area contributed by atoms with Crippen LogP contribution in [0.1, 0.15) is 5.56 Å². The molecule has 1 amide bonds. The van der Waals surface area contributed by atoms with Crippen molar-refractivity contribution in [1.82, 2.24) is 4.90 Å². The number of rotatable bonds is 5. The number of hydrogen-bond donors (Lipinski definition) is 2. The lowest BCUT2D eigenvalue weighted by Gasteiger charge is -2.20. The van der Waals surface area contributed by atoms with Crippen LogP contribution in [0.2, 0.25) is 0 Å². The number of carboxylic acids is 1. The molecule has 0 aliphatic carbocycles. The van der Waals surface area contributed by atoms with Crippen molar-refractivity contribution in [3.8, 4) is 5.75 Å². The monoisotopic (exact) mass is 330 g/mol. The fourth-order valence-electron chi connectivity index (χ4n) is 1.55. The number of nitrogens with zero attached hydrogens (tertiary/aromatic N) is 1. The van der Waals surface area contributed by atoms with Crippen LogP contribution in [-0.2, 0) is 16.1 Å². The summed E-state index contributed by atoms with van der Waals surface area (Å²) in [6.07, 6.45) is 0. The topological polar surface area (TPSA) is 92.9 Å². The van der Waals surface area contributed by atoms with Gasteiger partial charge in [0.05, 0.1) is 7.11 Å². The average Bonchev–Trinajstić information content (AvgIpc) is 2.37. The highest BCUT2D eigenvalue weighted by atomic mass is 79.9. The van der Waals surface area contributed by atoms with Gasteiger partial charge >= 0.3 is 5.97 Å². The predicted molar refractivity (Wildman–Crippen MR) is 72.8 cm³/mol. The van der Waals surface area contributed by atoms with Crippen LogP contribution < -0.4 is 10.5 Å². The zero-order valence-corrected chi connectivity index (χ0v) is 12.2. The van der Waals surface area contributed by atoms with Gasteiger partial charge in [0.1, 0.15) is 5.75 Å². The molecule has 0 saturated carbocycles. The van der Waals surface area contributed by atoms with Crippen molar-refractivity contribution in [2.24, 2.45) is 5.73 Å². The molecule has 6 nitrogen and oxygen atoms in total. The van der Waals surface area contributed by atoms with Crippen molar-refractivity contribution >= 4 is 27.8 Å². The van der Waals surface area contributed by atoms with Gasteiger partial charge in [0, 0.05) is 23.6 Å². The lowest BCUT2D eigenvalue weighted by Crippen LogP contribution is -2.46. The van der Waals surface area contributed by atoms with Crippen molar-refractivity contribution in [3.05, 3.63) is 28.2 Å². The average molecular weight is 331 g/mol. The Labute approximate surface area is 119 Å². The zero-order valence-electron chi connectivity index (χ0n) is 10.6. The standard InChI is InChI=1S/C12H15BrN2O4/c1-15(11(16)10(14)12(17)18)6-7-5-8(13)3-4-9(7)19-2/h3-5,10H,6,14H2,1-2H3,(H,17,18). The van der Waals surface area contributed by atoms with E-state index in [1.165, 1.54) is 19.1 Å². The van der Waals surface area contributed by atoms with Gasteiger partial charge < -0.3 is 20.5 Å². The lowest BCUT2D eigenvalue weighted by molar-refractivity contribution is -0.146. The van der Waals surface area contributed by atoms with Crippen molar-refractivity contribution in [2.45, 2.75) is 12.6 Å². The molecule has 3 N–H and O–H groups in total. The Hall–Kier alpha value is -1.60. The van der Waals surface area contributed by atoms with Crippen LogP contribution in [0.3, 0.4) is 0 Å². The third kappa shape index (κ3) is 3.93. The third-order valence-electron chi connectivity index (χ3n) is 2.56. The van der Waals surface area contributed by atoms with Crippen LogP contribution in [0.5, 0.6) is 5.75 Å². The number of halogens is 1. The molecule has 7 heteroatoms. The normalized spacial score (nSPS) is 11.8. The van der Waals surface area contributed by atoms with Crippen LogP contribution >= 0.6 is 15.9 Å². The molecule has 1 atom stereocenters. The maximum absolute atomic E-state index is 11.7. The Bertz CT molecular complexity index is 493. The van der Waals surface area contributed by atoms with E-state index in [1.807, 2.05) is 6.07 Å². The molecule has 1 unspecified atom stereocenters. The highest BCUT2D eigenvalue weighted by Crippen LogP contribution is 2.24. The highest BCUT2D eigenvalue weighted by Gasteiger charge is 2.25. The smallest absolute Gasteiger partial charge is 0.330 e. The van der Waals surface area contributed by atoms with Crippen LogP contribution in [0.4, 0.5) is 0 Å². The molecule has 1 rings (SSSR count). The summed E-state index contributed by atoms with van der Waals surface area (Å²) in [7, 11) is 3.02. The SMILES string of the molecule is COc1ccc(Br)cc1CN(C)C(=O)C(N)C(=O)O. The van der Waals surface area contributed by atoms with Crippen LogP contribution in [0.15, 0.2) is 22.7 Å². The maximum Gasteiger partial charge on any atom is 0.330 e. The second-order valence-electron chi connectivity index (χ2n) is 3.97. The van der Waals surface area contributed by atoms with E-state index in [2.05, 4.69) is 15.9 Å². The third-order valence-corrected chi connectivity index (χ3v) is 3.05. The molecule has 0 spiro atoms. The minimum absolute atomic E-state index is 0.211. The quantitative estimate of drug-likeness (QED) is 0.780. The Morgan fingerprint density at radius 3 is 2.68 bits per heavy atom. The molecule has 1 aromatic rings. The van der Waals surface area contributed by atoms with E-state index in [0.717, 1.165) is 10.0 Å². The number of hydrogen-bond acceptors (Lipinski definition) is 4. The van der Waals surface area contributed by atoms with Gasteiger partial charge in [-0.1, -0.05) is 15.9 Å². The molecule has 0 radical (unpaired) electrons. The van der Waals surface area contributed by atoms with Crippen LogP contribution in [0.25, 0.3) is 0 Å². The fourth-order valence-corrected chi connectivity index (χ4v) is 1.96. The number of likely N-dealkylation sites (N-methyl/N-ethyl adjacent to an activating group) is 1. The molecule has 0 heterocycles. The first-order chi connectivity index (χ1) is 8.86. The van der Waals surface area contributed by atoms with Gasteiger partial charge in [0.2, 0.25) is 0 Å². The molecule has 0 bridgehead atoms. The Morgan fingerprint density at radius 2 is 2.16 bits per heavy atom. The number of ether oxygens (including phenoxy) is 1. The molecule has 1 aromatic carbocycles. The van der Waals surface area contributed by atoms with Crippen molar-refractivity contribution in [2.75, 3.05) is 14.2 Å². The number of carbonyl (C=O) groups excluding carboxylic acids is 1. The summed E-state index contributed by atoms with van der Waals surface area (Å²) in [6, 6.07) is 3.82. The van der Waals surface area contributed by atoms with Gasteiger partial charge in [-0.15, -0.1) is 0 Å². The Kier molecular flexibility index (Phi) is 5.31. The molecular formula is C12H15BrN2O4. The van der Waals surface area contributed by atoms with E-state index in [0.29, 0.717) is 5.75 Å². The predicted octanol–water partition coefficient (Wildman–Crippen LogP) is 0.828. The molecule has 0 aromatic heterocycles. The van der Waals surface area contributed by atoms with E-state index in [1.54, 1.807) is 12.1 Å². The Morgan fingerprint density at radius 1 is 1.53 bits per heavy atom. The highest BCUT2D eigenvalue weighted by molar-refractivity contribution is 9.10. The first-order valence-electron chi connectivity index (χ1n) is 5.42. The first-order valence-corrected chi connectivity index (χ1v) is 6.22. The Balaban J connectivity index is 2.87. The molecule has 0 fully saturated rings. The molecule has 19 heavy (non-hydrogen) atoms. The lowest BCUT2D eigenvalue weighted by atomic mass is 10.1. The minimum Gasteiger partial charge on any atom is -0.496 e. The van der Waals surface area contributed by atoms with E-state index < -0.39 is 17.9 Å². The van der Waals surface area contributed by atoms with E-state index in [4.69, 9.17) is 15.6 Å². The van der Waals surface area contributed by atoms with Gasteiger partial charge in [0.15, 0.2) is 6.04 Å². The van der Waals surface area contributed by atoms with Gasteiger partial charge in [0.25, 0.3) is 5.91 Å². The fraction of sp³-hybridized carbons (Fsp3) is 0.333. The number of carbonyl (C=O) groups is 2. The molecule has 0 saturated heterocycles. The molecular weight excluding hydrogens is 316 g/mol. The summed E-state index contributed by atoms with van der Waals surface area (Å²) in [6.45, 7) is 0.211. The van der Waals surface area contributed by atoms with Gasteiger partial charge in [-0.05, 0) is 18.2 Å². The first kappa shape index (κ1) is 15.5. The number of carboxylic acid groups (broad SMARTS) is 1. The van der Waals surface area contributed by atoms with Crippen molar-refractivity contribution in [3.63, 3.8) is 0 Å². The van der Waals surface area contributed by atoms with Crippen molar-refractivity contribution in [1.29, 1.82) is 0 Å². The molecule has 0 aliphatic heterocycles. The van der Waals surface area contributed by atoms with Crippen LogP contribution in [0, 0.1) is 0 Å². The molecule has 104 valence electrons. The summed E-state index contributed by atoms with van der Waals surface area (Å²) < 4.78 is 6.02. The summed E-state index contributed by atoms with van der Waals surface area (Å²) in [5, 5.41) is 8.71. The largest absolute Gasteiger partial charge is 0.496 e. The van der Waals surface area contributed by atoms with E-state index >= 15 is 0 Å². The number of methoxy groups -OCH3 is 1. The minimum atomic E-state index is -1.55. The summed E-state index contributed by atoms with van der Waals surface area (Å²) in [5.41, 5.74) is 6.04. The summed E-state index contributed by atoms with van der Waals surface area (Å²) >= 11 is 3.33. The maximum atomic E-state index is 11.7. The van der Waals surface area contributed by atoms with E-state index in [-0.39, 0.29) is 6.54 Å². The molecule has 0 aliphatic rings. The zero-order chi connectivity index (χ0) is 14.6.